The Morgan fingerprint density at radius 3 is 2.76 bits per heavy atom. The van der Waals surface area contributed by atoms with Gasteiger partial charge in [-0.15, -0.1) is 24.0 Å². The number of rotatable bonds is 8. The molecular weight excluding hydrogens is 431 g/mol. The van der Waals surface area contributed by atoms with Gasteiger partial charge in [-0.2, -0.15) is 5.10 Å². The van der Waals surface area contributed by atoms with Gasteiger partial charge in [0.1, 0.15) is 5.82 Å². The predicted molar refractivity (Wildman–Crippen MR) is 111 cm³/mol. The van der Waals surface area contributed by atoms with Gasteiger partial charge in [0.05, 0.1) is 6.26 Å². The van der Waals surface area contributed by atoms with Crippen LogP contribution in [-0.2, 0) is 6.42 Å². The van der Waals surface area contributed by atoms with Crippen LogP contribution in [0.15, 0.2) is 27.8 Å². The van der Waals surface area contributed by atoms with E-state index >= 15 is 0 Å². The summed E-state index contributed by atoms with van der Waals surface area (Å²) in [4.78, 5) is 8.69. The van der Waals surface area contributed by atoms with Gasteiger partial charge in [-0.25, -0.2) is 4.98 Å². The fourth-order valence-electron chi connectivity index (χ4n) is 2.31. The second kappa shape index (κ2) is 11.1. The molecule has 2 aromatic heterocycles. The number of aliphatic imine (C=N–C) groups is 1. The number of halogens is 1. The second-order valence-corrected chi connectivity index (χ2v) is 6.35. The third-order valence-corrected chi connectivity index (χ3v) is 3.71. The van der Waals surface area contributed by atoms with E-state index in [0.29, 0.717) is 17.6 Å². The summed E-state index contributed by atoms with van der Waals surface area (Å²) in [7, 11) is 1.79. The lowest BCUT2D eigenvalue weighted by Crippen LogP contribution is -2.43. The van der Waals surface area contributed by atoms with E-state index in [1.54, 1.807) is 13.3 Å². The fraction of sp³-hybridized carbons (Fsp3) is 0.588. The van der Waals surface area contributed by atoms with Crippen molar-refractivity contribution in [3.8, 4) is 11.6 Å². The molecule has 1 unspecified atom stereocenters. The van der Waals surface area contributed by atoms with Crippen LogP contribution in [0.1, 0.15) is 39.4 Å². The third-order valence-electron chi connectivity index (χ3n) is 3.71. The molecule has 0 aliphatic rings. The molecule has 8 heteroatoms. The number of aromatic amines is 1. The summed E-state index contributed by atoms with van der Waals surface area (Å²) in [5.74, 6) is 3.61. The summed E-state index contributed by atoms with van der Waals surface area (Å²) >= 11 is 0. The molecule has 0 saturated carbocycles. The molecule has 0 aliphatic carbocycles. The minimum atomic E-state index is 0. The summed E-state index contributed by atoms with van der Waals surface area (Å²) in [6.45, 7) is 7.40. The number of furan rings is 1. The van der Waals surface area contributed by atoms with E-state index in [1.165, 1.54) is 6.42 Å². The minimum absolute atomic E-state index is 0. The Labute approximate surface area is 166 Å². The Morgan fingerprint density at radius 1 is 1.32 bits per heavy atom. The minimum Gasteiger partial charge on any atom is -0.461 e. The van der Waals surface area contributed by atoms with Crippen LogP contribution in [0, 0.1) is 5.92 Å². The van der Waals surface area contributed by atoms with Crippen LogP contribution < -0.4 is 10.6 Å². The highest BCUT2D eigenvalue weighted by molar-refractivity contribution is 14.0. The zero-order chi connectivity index (χ0) is 17.4. The van der Waals surface area contributed by atoms with E-state index < -0.39 is 0 Å². The van der Waals surface area contributed by atoms with Gasteiger partial charge in [0, 0.05) is 26.1 Å². The predicted octanol–water partition coefficient (Wildman–Crippen LogP) is 3.21. The molecule has 0 spiro atoms. The Hall–Kier alpha value is -1.58. The normalized spacial score (nSPS) is 12.8. The van der Waals surface area contributed by atoms with Crippen LogP contribution in [0.3, 0.4) is 0 Å². The molecule has 2 rings (SSSR count). The smallest absolute Gasteiger partial charge is 0.216 e. The van der Waals surface area contributed by atoms with Crippen molar-refractivity contribution in [1.29, 1.82) is 0 Å². The first-order valence-electron chi connectivity index (χ1n) is 8.50. The molecule has 3 N–H and O–H groups in total. The van der Waals surface area contributed by atoms with Crippen LogP contribution in [0.4, 0.5) is 0 Å². The van der Waals surface area contributed by atoms with E-state index in [-0.39, 0.29) is 24.0 Å². The number of guanidine groups is 1. The van der Waals surface area contributed by atoms with Crippen molar-refractivity contribution < 1.29 is 4.42 Å². The molecule has 0 amide bonds. The highest BCUT2D eigenvalue weighted by atomic mass is 127. The molecule has 0 aromatic carbocycles. The molecule has 140 valence electrons. The van der Waals surface area contributed by atoms with Crippen LogP contribution in [0.2, 0.25) is 0 Å². The Morgan fingerprint density at radius 2 is 2.12 bits per heavy atom. The number of nitrogens with one attached hydrogen (secondary N) is 3. The van der Waals surface area contributed by atoms with E-state index in [1.807, 2.05) is 12.1 Å². The van der Waals surface area contributed by atoms with Gasteiger partial charge in [0.15, 0.2) is 11.7 Å². The Kier molecular flexibility index (Phi) is 9.54. The monoisotopic (exact) mass is 460 g/mol. The first-order chi connectivity index (χ1) is 11.6. The van der Waals surface area contributed by atoms with Crippen LogP contribution in [-0.4, -0.2) is 40.8 Å². The van der Waals surface area contributed by atoms with Crippen molar-refractivity contribution >= 4 is 29.9 Å². The summed E-state index contributed by atoms with van der Waals surface area (Å²) in [6.07, 6.45) is 4.68. The molecule has 2 aromatic rings. The fourth-order valence-corrected chi connectivity index (χ4v) is 2.31. The summed E-state index contributed by atoms with van der Waals surface area (Å²) in [5, 5.41) is 13.8. The average Bonchev–Trinajstić information content (AvgIpc) is 3.23. The van der Waals surface area contributed by atoms with Gasteiger partial charge in [-0.1, -0.05) is 13.8 Å². The largest absolute Gasteiger partial charge is 0.461 e. The zero-order valence-corrected chi connectivity index (χ0v) is 17.7. The molecule has 1 atom stereocenters. The molecule has 0 radical (unpaired) electrons. The lowest BCUT2D eigenvalue weighted by Gasteiger charge is -2.18. The number of aromatic nitrogens is 3. The topological polar surface area (TPSA) is 91.1 Å². The second-order valence-electron chi connectivity index (χ2n) is 6.35. The maximum atomic E-state index is 5.29. The van der Waals surface area contributed by atoms with Crippen molar-refractivity contribution in [3.63, 3.8) is 0 Å². The van der Waals surface area contributed by atoms with Crippen LogP contribution >= 0.6 is 24.0 Å². The lowest BCUT2D eigenvalue weighted by molar-refractivity contribution is 0.489. The quantitative estimate of drug-likeness (QED) is 0.320. The van der Waals surface area contributed by atoms with E-state index in [2.05, 4.69) is 51.6 Å². The van der Waals surface area contributed by atoms with Gasteiger partial charge >= 0.3 is 0 Å². The summed E-state index contributed by atoms with van der Waals surface area (Å²) in [6, 6.07) is 4.06. The maximum absolute atomic E-state index is 5.29. The summed E-state index contributed by atoms with van der Waals surface area (Å²) in [5.41, 5.74) is 0. The number of nitrogens with zero attached hydrogens (tertiary/aromatic N) is 3. The van der Waals surface area contributed by atoms with Gasteiger partial charge in [0.25, 0.3) is 0 Å². The van der Waals surface area contributed by atoms with Crippen molar-refractivity contribution in [3.05, 3.63) is 24.2 Å². The van der Waals surface area contributed by atoms with E-state index in [0.717, 1.165) is 37.1 Å². The van der Waals surface area contributed by atoms with Gasteiger partial charge in [0.2, 0.25) is 5.82 Å². The van der Waals surface area contributed by atoms with Crippen molar-refractivity contribution in [1.82, 2.24) is 25.8 Å². The molecule has 0 fully saturated rings. The molecule has 0 aliphatic heterocycles. The Bertz CT molecular complexity index is 623. The van der Waals surface area contributed by atoms with Gasteiger partial charge < -0.3 is 15.1 Å². The highest BCUT2D eigenvalue weighted by Gasteiger charge is 2.09. The molecule has 25 heavy (non-hydrogen) atoms. The van der Waals surface area contributed by atoms with Crippen LogP contribution in [0.25, 0.3) is 11.6 Å². The van der Waals surface area contributed by atoms with E-state index in [9.17, 15) is 0 Å². The SMILES string of the molecule is CN=C(NCCc1nc(-c2ccco2)n[nH]1)NC(C)CCC(C)C.I. The maximum Gasteiger partial charge on any atom is 0.216 e. The van der Waals surface area contributed by atoms with Gasteiger partial charge in [-0.3, -0.25) is 10.1 Å². The third kappa shape index (κ3) is 7.45. The average molecular weight is 460 g/mol. The number of hydrogen-bond acceptors (Lipinski definition) is 4. The molecule has 0 bridgehead atoms. The first-order valence-corrected chi connectivity index (χ1v) is 8.50. The van der Waals surface area contributed by atoms with Crippen molar-refractivity contribution in [2.24, 2.45) is 10.9 Å². The molecular formula is C17H29IN6O. The highest BCUT2D eigenvalue weighted by Crippen LogP contribution is 2.14. The molecule has 7 nitrogen and oxygen atoms in total. The standard InChI is InChI=1S/C17H28N6O.HI/c1-12(2)7-8-13(3)20-17(18-4)19-10-9-15-21-16(23-22-15)14-6-5-11-24-14;/h5-6,11-13H,7-10H2,1-4H3,(H2,18,19,20)(H,21,22,23);1H. The number of hydrogen-bond donors (Lipinski definition) is 3. The van der Waals surface area contributed by atoms with Crippen molar-refractivity contribution in [2.45, 2.75) is 46.1 Å². The summed E-state index contributed by atoms with van der Waals surface area (Å²) < 4.78 is 5.29. The number of H-pyrrole nitrogens is 1. The first kappa shape index (κ1) is 21.5. The van der Waals surface area contributed by atoms with Crippen molar-refractivity contribution in [2.75, 3.05) is 13.6 Å². The Balaban J connectivity index is 0.00000312. The molecule has 2 heterocycles. The van der Waals surface area contributed by atoms with Crippen LogP contribution in [0.5, 0.6) is 0 Å². The lowest BCUT2D eigenvalue weighted by atomic mass is 10.0. The van der Waals surface area contributed by atoms with E-state index in [4.69, 9.17) is 4.42 Å². The van der Waals surface area contributed by atoms with Gasteiger partial charge in [-0.05, 0) is 37.8 Å². The molecule has 0 saturated heterocycles. The zero-order valence-electron chi connectivity index (χ0n) is 15.4.